The van der Waals surface area contributed by atoms with Crippen LogP contribution in [0.4, 0.5) is 0 Å². The van der Waals surface area contributed by atoms with E-state index in [9.17, 15) is 4.79 Å². The Bertz CT molecular complexity index is 1080. The van der Waals surface area contributed by atoms with Crippen LogP contribution in [0.3, 0.4) is 0 Å². The van der Waals surface area contributed by atoms with Crippen LogP contribution in [0.2, 0.25) is 0 Å². The van der Waals surface area contributed by atoms with Crippen LogP contribution >= 0.6 is 0 Å². The monoisotopic (exact) mass is 419 g/mol. The lowest BCUT2D eigenvalue weighted by atomic mass is 10.2. The summed E-state index contributed by atoms with van der Waals surface area (Å²) in [5, 5.41) is 0.966. The molecule has 1 fully saturated rings. The molecule has 0 unspecified atom stereocenters. The Morgan fingerprint density at radius 3 is 2.32 bits per heavy atom. The number of aryl methyl sites for hydroxylation is 1. The summed E-state index contributed by atoms with van der Waals surface area (Å²) >= 11 is 0. The van der Waals surface area contributed by atoms with E-state index in [4.69, 9.17) is 9.47 Å². The molecule has 2 aromatic carbocycles. The van der Waals surface area contributed by atoms with Gasteiger partial charge in [0, 0.05) is 51.2 Å². The van der Waals surface area contributed by atoms with E-state index in [2.05, 4.69) is 29.2 Å². The van der Waals surface area contributed by atoms with Crippen LogP contribution in [-0.4, -0.2) is 67.2 Å². The summed E-state index contributed by atoms with van der Waals surface area (Å²) < 4.78 is 12.8. The highest BCUT2D eigenvalue weighted by Gasteiger charge is 2.24. The number of nitrogens with zero attached hydrogens (tertiary/aromatic N) is 3. The molecule has 0 N–H and O–H groups in total. The maximum Gasteiger partial charge on any atom is 0.270 e. The first-order chi connectivity index (χ1) is 15.1. The van der Waals surface area contributed by atoms with Crippen molar-refractivity contribution in [1.82, 2.24) is 14.4 Å². The van der Waals surface area contributed by atoms with Gasteiger partial charge in [-0.15, -0.1) is 0 Å². The molecule has 31 heavy (non-hydrogen) atoms. The fourth-order valence-electron chi connectivity index (χ4n) is 4.07. The van der Waals surface area contributed by atoms with Crippen LogP contribution in [0.25, 0.3) is 17.0 Å². The lowest BCUT2D eigenvalue weighted by Crippen LogP contribution is -2.48. The van der Waals surface area contributed by atoms with E-state index >= 15 is 0 Å². The number of fused-ring (bicyclic) bond motifs is 1. The van der Waals surface area contributed by atoms with Crippen LogP contribution in [-0.2, 0) is 7.05 Å². The first-order valence-electron chi connectivity index (χ1n) is 10.6. The van der Waals surface area contributed by atoms with Crippen molar-refractivity contribution >= 4 is 22.9 Å². The number of hydrogen-bond acceptors (Lipinski definition) is 4. The maximum atomic E-state index is 13.2. The Hall–Kier alpha value is -3.25. The van der Waals surface area contributed by atoms with E-state index in [1.807, 2.05) is 52.9 Å². The first-order valence-corrected chi connectivity index (χ1v) is 10.6. The van der Waals surface area contributed by atoms with Crippen LogP contribution in [0, 0.1) is 0 Å². The Morgan fingerprint density at radius 1 is 0.968 bits per heavy atom. The van der Waals surface area contributed by atoms with Crippen molar-refractivity contribution in [2.75, 3.05) is 46.9 Å². The number of amides is 1. The quantitative estimate of drug-likeness (QED) is 0.612. The van der Waals surface area contributed by atoms with Gasteiger partial charge in [0.05, 0.1) is 19.7 Å². The zero-order chi connectivity index (χ0) is 21.8. The molecule has 3 aromatic rings. The fourth-order valence-corrected chi connectivity index (χ4v) is 4.07. The van der Waals surface area contributed by atoms with Crippen LogP contribution < -0.4 is 9.47 Å². The van der Waals surface area contributed by atoms with E-state index in [-0.39, 0.29) is 5.91 Å². The third-order valence-electron chi connectivity index (χ3n) is 5.90. The number of piperazine rings is 1. The molecular weight excluding hydrogens is 390 g/mol. The third kappa shape index (κ3) is 4.44. The second kappa shape index (κ2) is 9.27. The van der Waals surface area contributed by atoms with Gasteiger partial charge in [-0.25, -0.2) is 0 Å². The SMILES string of the molecule is COc1cc2cc(C(=O)N3CCN(C/C=C/c4ccccc4)CC3)n(C)c2cc1OC. The highest BCUT2D eigenvalue weighted by atomic mass is 16.5. The minimum absolute atomic E-state index is 0.0658. The van der Waals surface area contributed by atoms with Gasteiger partial charge in [0.1, 0.15) is 5.69 Å². The molecule has 0 saturated carbocycles. The molecular formula is C25H29N3O3. The lowest BCUT2D eigenvalue weighted by molar-refractivity contribution is 0.0641. The summed E-state index contributed by atoms with van der Waals surface area (Å²) in [5.41, 5.74) is 2.84. The van der Waals surface area contributed by atoms with Crippen molar-refractivity contribution in [3.8, 4) is 11.5 Å². The van der Waals surface area contributed by atoms with E-state index in [0.717, 1.165) is 43.6 Å². The van der Waals surface area contributed by atoms with Gasteiger partial charge in [-0.2, -0.15) is 0 Å². The number of carbonyl (C=O) groups excluding carboxylic acids is 1. The minimum atomic E-state index is 0.0658. The van der Waals surface area contributed by atoms with Crippen molar-refractivity contribution in [2.24, 2.45) is 7.05 Å². The fraction of sp³-hybridized carbons (Fsp3) is 0.320. The Balaban J connectivity index is 1.41. The molecule has 4 rings (SSSR count). The molecule has 0 bridgehead atoms. The van der Waals surface area contributed by atoms with E-state index < -0.39 is 0 Å². The topological polar surface area (TPSA) is 46.9 Å². The smallest absolute Gasteiger partial charge is 0.270 e. The van der Waals surface area contributed by atoms with Crippen LogP contribution in [0.5, 0.6) is 11.5 Å². The average molecular weight is 420 g/mol. The lowest BCUT2D eigenvalue weighted by Gasteiger charge is -2.34. The summed E-state index contributed by atoms with van der Waals surface area (Å²) in [4.78, 5) is 17.5. The number of methoxy groups -OCH3 is 2. The molecule has 1 aliphatic rings. The Morgan fingerprint density at radius 2 is 1.65 bits per heavy atom. The predicted octanol–water partition coefficient (Wildman–Crippen LogP) is 3.67. The van der Waals surface area contributed by atoms with Gasteiger partial charge in [0.2, 0.25) is 0 Å². The van der Waals surface area contributed by atoms with Crippen molar-refractivity contribution < 1.29 is 14.3 Å². The van der Waals surface area contributed by atoms with Crippen LogP contribution in [0.1, 0.15) is 16.1 Å². The molecule has 1 aromatic heterocycles. The third-order valence-corrected chi connectivity index (χ3v) is 5.90. The van der Waals surface area contributed by atoms with E-state index in [0.29, 0.717) is 17.2 Å². The number of carbonyl (C=O) groups is 1. The highest BCUT2D eigenvalue weighted by molar-refractivity contribution is 5.99. The zero-order valence-corrected chi connectivity index (χ0v) is 18.4. The zero-order valence-electron chi connectivity index (χ0n) is 18.4. The Labute approximate surface area is 183 Å². The van der Waals surface area contributed by atoms with Crippen LogP contribution in [0.15, 0.2) is 54.6 Å². The molecule has 6 heteroatoms. The van der Waals surface area contributed by atoms with E-state index in [1.54, 1.807) is 14.2 Å². The molecule has 1 aliphatic heterocycles. The van der Waals surface area contributed by atoms with Gasteiger partial charge in [-0.3, -0.25) is 9.69 Å². The summed E-state index contributed by atoms with van der Waals surface area (Å²) in [5.74, 6) is 1.39. The van der Waals surface area contributed by atoms with Crippen molar-refractivity contribution in [1.29, 1.82) is 0 Å². The van der Waals surface area contributed by atoms with Gasteiger partial charge in [-0.1, -0.05) is 42.5 Å². The second-order valence-electron chi connectivity index (χ2n) is 7.76. The van der Waals surface area contributed by atoms with Gasteiger partial charge >= 0.3 is 0 Å². The van der Waals surface area contributed by atoms with Gasteiger partial charge in [0.25, 0.3) is 5.91 Å². The van der Waals surface area contributed by atoms with Gasteiger partial charge in [0.15, 0.2) is 11.5 Å². The average Bonchev–Trinajstić information content (AvgIpc) is 3.14. The largest absolute Gasteiger partial charge is 0.493 e. The summed E-state index contributed by atoms with van der Waals surface area (Å²) in [6, 6.07) is 16.1. The minimum Gasteiger partial charge on any atom is -0.493 e. The molecule has 162 valence electrons. The molecule has 1 saturated heterocycles. The van der Waals surface area contributed by atoms with Gasteiger partial charge in [-0.05, 0) is 17.7 Å². The second-order valence-corrected chi connectivity index (χ2v) is 7.76. The van der Waals surface area contributed by atoms with E-state index in [1.165, 1.54) is 5.56 Å². The molecule has 2 heterocycles. The normalized spacial score (nSPS) is 15.0. The standard InChI is InChI=1S/C25H29N3O3/c1-26-21-18-24(31-3)23(30-2)17-20(21)16-22(26)25(29)28-14-12-27(13-15-28)11-7-10-19-8-5-4-6-9-19/h4-10,16-18H,11-15H2,1-3H3/b10-7+. The maximum absolute atomic E-state index is 13.2. The van der Waals surface area contributed by atoms with Crippen molar-refractivity contribution in [3.05, 3.63) is 65.9 Å². The molecule has 6 nitrogen and oxygen atoms in total. The van der Waals surface area contributed by atoms with Gasteiger partial charge < -0.3 is 18.9 Å². The number of ether oxygens (including phenoxy) is 2. The molecule has 0 spiro atoms. The molecule has 1 amide bonds. The Kier molecular flexibility index (Phi) is 6.28. The van der Waals surface area contributed by atoms with Crippen molar-refractivity contribution in [2.45, 2.75) is 0 Å². The molecule has 0 aliphatic carbocycles. The van der Waals surface area contributed by atoms with Crippen molar-refractivity contribution in [3.63, 3.8) is 0 Å². The number of benzene rings is 2. The number of rotatable bonds is 6. The number of aromatic nitrogens is 1. The summed E-state index contributed by atoms with van der Waals surface area (Å²) in [6.07, 6.45) is 4.34. The summed E-state index contributed by atoms with van der Waals surface area (Å²) in [6.45, 7) is 4.09. The molecule has 0 atom stereocenters. The first kappa shape index (κ1) is 21.0. The molecule has 0 radical (unpaired) electrons. The number of hydrogen-bond donors (Lipinski definition) is 0. The predicted molar refractivity (Wildman–Crippen MR) is 124 cm³/mol. The highest BCUT2D eigenvalue weighted by Crippen LogP contribution is 2.33. The summed E-state index contributed by atoms with van der Waals surface area (Å²) in [7, 11) is 5.16.